The van der Waals surface area contributed by atoms with Crippen LogP contribution in [0.3, 0.4) is 0 Å². The van der Waals surface area contributed by atoms with Crippen LogP contribution in [-0.4, -0.2) is 47.1 Å². The molecule has 2 aromatic carbocycles. The maximum Gasteiger partial charge on any atom is 0.255 e. The summed E-state index contributed by atoms with van der Waals surface area (Å²) in [5, 5.41) is 15.8. The van der Waals surface area contributed by atoms with Crippen LogP contribution in [0.4, 0.5) is 11.4 Å². The third-order valence-electron chi connectivity index (χ3n) is 5.92. The Kier molecular flexibility index (Phi) is 5.65. The number of carbonyl (C=O) groups is 2. The number of nitrogens with one attached hydrogen (secondary N) is 2. The number of nitrogens with zero attached hydrogens (tertiary/aromatic N) is 1. The maximum atomic E-state index is 12.6. The summed E-state index contributed by atoms with van der Waals surface area (Å²) in [6.45, 7) is 3.09. The van der Waals surface area contributed by atoms with Crippen molar-refractivity contribution in [2.75, 3.05) is 23.7 Å². The van der Waals surface area contributed by atoms with Gasteiger partial charge in [-0.3, -0.25) is 14.5 Å². The summed E-state index contributed by atoms with van der Waals surface area (Å²) in [6, 6.07) is 14.9. The molecule has 3 N–H and O–H groups in total. The molecule has 2 bridgehead atoms. The van der Waals surface area contributed by atoms with Crippen molar-refractivity contribution in [1.82, 2.24) is 4.90 Å². The van der Waals surface area contributed by atoms with E-state index in [1.807, 2.05) is 43.3 Å². The molecule has 6 heteroatoms. The number of aliphatic hydroxyl groups excluding tert-OH is 1. The fourth-order valence-electron chi connectivity index (χ4n) is 4.49. The molecule has 1 heterocycles. The van der Waals surface area contributed by atoms with Gasteiger partial charge < -0.3 is 15.7 Å². The summed E-state index contributed by atoms with van der Waals surface area (Å²) in [6.07, 6.45) is 2.41. The van der Waals surface area contributed by atoms with E-state index in [-0.39, 0.29) is 17.9 Å². The number of rotatable bonds is 5. The minimum atomic E-state index is -0.242. The van der Waals surface area contributed by atoms with Crippen LogP contribution in [0.25, 0.3) is 0 Å². The Bertz CT molecular complexity index is 899. The zero-order valence-corrected chi connectivity index (χ0v) is 16.6. The van der Waals surface area contributed by atoms with Gasteiger partial charge in [-0.2, -0.15) is 0 Å². The zero-order chi connectivity index (χ0) is 20.4. The van der Waals surface area contributed by atoms with E-state index < -0.39 is 0 Å². The van der Waals surface area contributed by atoms with Gasteiger partial charge >= 0.3 is 0 Å². The van der Waals surface area contributed by atoms with E-state index >= 15 is 0 Å². The van der Waals surface area contributed by atoms with Gasteiger partial charge in [0.05, 0.1) is 12.6 Å². The first-order valence-electron chi connectivity index (χ1n) is 10.2. The smallest absolute Gasteiger partial charge is 0.255 e. The van der Waals surface area contributed by atoms with Gasteiger partial charge in [-0.15, -0.1) is 0 Å². The number of aryl methyl sites for hydroxylation is 1. The second-order valence-corrected chi connectivity index (χ2v) is 8.21. The first kappa shape index (κ1) is 19.6. The Labute approximate surface area is 170 Å². The number of amides is 2. The molecule has 4 rings (SSSR count). The molecule has 0 aromatic heterocycles. The highest BCUT2D eigenvalue weighted by atomic mass is 16.3. The average molecular weight is 393 g/mol. The monoisotopic (exact) mass is 393 g/mol. The molecule has 0 radical (unpaired) electrons. The molecule has 2 fully saturated rings. The van der Waals surface area contributed by atoms with Crippen LogP contribution < -0.4 is 10.6 Å². The van der Waals surface area contributed by atoms with Crippen molar-refractivity contribution in [3.8, 4) is 0 Å². The van der Waals surface area contributed by atoms with E-state index in [1.165, 1.54) is 0 Å². The number of anilines is 2. The van der Waals surface area contributed by atoms with Crippen LogP contribution >= 0.6 is 0 Å². The van der Waals surface area contributed by atoms with Crippen molar-refractivity contribution in [2.24, 2.45) is 5.92 Å². The molecule has 0 spiro atoms. The summed E-state index contributed by atoms with van der Waals surface area (Å²) < 4.78 is 0. The Morgan fingerprint density at radius 3 is 2.66 bits per heavy atom. The fraction of sp³-hybridized carbons (Fsp3) is 0.391. The van der Waals surface area contributed by atoms with Gasteiger partial charge in [0.2, 0.25) is 5.91 Å². The number of likely N-dealkylation sites (tertiary alicyclic amines) is 1. The zero-order valence-electron chi connectivity index (χ0n) is 16.6. The quantitative estimate of drug-likeness (QED) is 0.729. The van der Waals surface area contributed by atoms with E-state index in [2.05, 4.69) is 15.5 Å². The molecule has 1 saturated carbocycles. The molecule has 1 saturated heterocycles. The Balaban J connectivity index is 1.40. The van der Waals surface area contributed by atoms with Crippen molar-refractivity contribution >= 4 is 23.2 Å². The lowest BCUT2D eigenvalue weighted by atomic mass is 9.88. The van der Waals surface area contributed by atoms with Crippen LogP contribution in [0.5, 0.6) is 0 Å². The summed E-state index contributed by atoms with van der Waals surface area (Å²) >= 11 is 0. The molecule has 1 aliphatic heterocycles. The third kappa shape index (κ3) is 4.66. The van der Waals surface area contributed by atoms with Gasteiger partial charge in [0.25, 0.3) is 5.91 Å². The summed E-state index contributed by atoms with van der Waals surface area (Å²) in [4.78, 5) is 27.4. The van der Waals surface area contributed by atoms with E-state index in [1.54, 1.807) is 12.1 Å². The molecule has 6 nitrogen and oxygen atoms in total. The lowest BCUT2D eigenvalue weighted by molar-refractivity contribution is -0.117. The van der Waals surface area contributed by atoms with Crippen molar-refractivity contribution in [3.05, 3.63) is 59.7 Å². The molecule has 152 valence electrons. The lowest BCUT2D eigenvalue weighted by Gasteiger charge is -2.26. The topological polar surface area (TPSA) is 81.7 Å². The first-order chi connectivity index (χ1) is 14.0. The third-order valence-corrected chi connectivity index (χ3v) is 5.92. The largest absolute Gasteiger partial charge is 0.393 e. The number of fused-ring (bicyclic) bond motifs is 2. The SMILES string of the molecule is Cc1ccc(C(=O)Nc2ccccc2)cc1NC(=O)CN1CC2CC(O)CC1C2. The molecule has 1 aliphatic carbocycles. The minimum Gasteiger partial charge on any atom is -0.393 e. The second-order valence-electron chi connectivity index (χ2n) is 8.21. The number of carbonyl (C=O) groups excluding carboxylic acids is 2. The number of benzene rings is 2. The highest BCUT2D eigenvalue weighted by molar-refractivity contribution is 6.05. The highest BCUT2D eigenvalue weighted by Gasteiger charge is 2.39. The molecule has 2 amide bonds. The van der Waals surface area contributed by atoms with Crippen molar-refractivity contribution in [3.63, 3.8) is 0 Å². The molecule has 29 heavy (non-hydrogen) atoms. The van der Waals surface area contributed by atoms with Crippen LogP contribution in [0.2, 0.25) is 0 Å². The van der Waals surface area contributed by atoms with Crippen LogP contribution in [0.15, 0.2) is 48.5 Å². The molecular formula is C23H27N3O3. The molecule has 2 aromatic rings. The normalized spacial score (nSPS) is 23.6. The molecular weight excluding hydrogens is 366 g/mol. The van der Waals surface area contributed by atoms with Crippen molar-refractivity contribution < 1.29 is 14.7 Å². The molecule has 2 aliphatic rings. The van der Waals surface area contributed by atoms with Crippen LogP contribution in [0, 0.1) is 12.8 Å². The highest BCUT2D eigenvalue weighted by Crippen LogP contribution is 2.35. The summed E-state index contributed by atoms with van der Waals surface area (Å²) in [5.74, 6) is 0.188. The first-order valence-corrected chi connectivity index (χ1v) is 10.2. The predicted molar refractivity (Wildman–Crippen MR) is 113 cm³/mol. The van der Waals surface area contributed by atoms with Gasteiger partial charge in [0.15, 0.2) is 0 Å². The van der Waals surface area contributed by atoms with Crippen LogP contribution in [-0.2, 0) is 4.79 Å². The van der Waals surface area contributed by atoms with Gasteiger partial charge in [0.1, 0.15) is 0 Å². The lowest BCUT2D eigenvalue weighted by Crippen LogP contribution is -2.38. The number of hydrogen-bond donors (Lipinski definition) is 3. The van der Waals surface area contributed by atoms with Gasteiger partial charge in [-0.25, -0.2) is 0 Å². The second kappa shape index (κ2) is 8.35. The van der Waals surface area contributed by atoms with Gasteiger partial charge in [-0.05, 0) is 61.9 Å². The maximum absolute atomic E-state index is 12.6. The van der Waals surface area contributed by atoms with E-state index in [0.29, 0.717) is 29.8 Å². The van der Waals surface area contributed by atoms with Gasteiger partial charge in [0, 0.05) is 29.5 Å². The van der Waals surface area contributed by atoms with Crippen LogP contribution in [0.1, 0.15) is 35.2 Å². The van der Waals surface area contributed by atoms with Gasteiger partial charge in [-0.1, -0.05) is 24.3 Å². The Morgan fingerprint density at radius 2 is 1.86 bits per heavy atom. The average Bonchev–Trinajstić information content (AvgIpc) is 2.97. The molecule has 3 atom stereocenters. The molecule has 3 unspecified atom stereocenters. The summed E-state index contributed by atoms with van der Waals surface area (Å²) in [5.41, 5.74) is 2.78. The summed E-state index contributed by atoms with van der Waals surface area (Å²) in [7, 11) is 0. The minimum absolute atomic E-state index is 0.0873. The number of hydrogen-bond acceptors (Lipinski definition) is 4. The Hall–Kier alpha value is -2.70. The standard InChI is InChI=1S/C23H27N3O3/c1-15-7-8-17(23(29)24-18-5-3-2-4-6-18)11-21(15)25-22(28)14-26-13-16-9-19(26)12-20(27)10-16/h2-8,11,16,19-20,27H,9-10,12-14H2,1H3,(H,24,29)(H,25,28). The van der Waals surface area contributed by atoms with E-state index in [0.717, 1.165) is 37.1 Å². The van der Waals surface area contributed by atoms with E-state index in [9.17, 15) is 14.7 Å². The predicted octanol–water partition coefficient (Wildman–Crippen LogP) is 3.03. The van der Waals surface area contributed by atoms with Crippen molar-refractivity contribution in [1.29, 1.82) is 0 Å². The fourth-order valence-corrected chi connectivity index (χ4v) is 4.49. The van der Waals surface area contributed by atoms with E-state index in [4.69, 9.17) is 0 Å². The van der Waals surface area contributed by atoms with Crippen molar-refractivity contribution in [2.45, 2.75) is 38.3 Å². The number of aliphatic hydroxyl groups is 1. The number of para-hydroxylation sites is 1. The Morgan fingerprint density at radius 1 is 1.07 bits per heavy atom.